The van der Waals surface area contributed by atoms with Crippen molar-refractivity contribution in [3.05, 3.63) is 32.9 Å². The number of aromatic nitrogens is 3. The van der Waals surface area contributed by atoms with Gasteiger partial charge in [-0.05, 0) is 22.4 Å². The third-order valence-corrected chi connectivity index (χ3v) is 3.66. The summed E-state index contributed by atoms with van der Waals surface area (Å²) >= 11 is 2.57. The van der Waals surface area contributed by atoms with Crippen LogP contribution in [0.5, 0.6) is 0 Å². The van der Waals surface area contributed by atoms with Gasteiger partial charge >= 0.3 is 11.7 Å². The molecule has 2 aromatic heterocycles. The van der Waals surface area contributed by atoms with E-state index in [1.807, 2.05) is 16.8 Å². The van der Waals surface area contributed by atoms with Gasteiger partial charge < -0.3 is 5.11 Å². The Balaban J connectivity index is 2.17. The lowest BCUT2D eigenvalue weighted by molar-refractivity contribution is -0.133. The van der Waals surface area contributed by atoms with E-state index in [4.69, 9.17) is 5.11 Å². The molecule has 2 rings (SSSR count). The number of nitrogens with zero attached hydrogens (tertiary/aromatic N) is 2. The van der Waals surface area contributed by atoms with E-state index >= 15 is 0 Å². The Bertz CT molecular complexity index is 558. The number of hydrogen-bond donors (Lipinski definition) is 2. The van der Waals surface area contributed by atoms with Gasteiger partial charge in [0.05, 0.1) is 12.3 Å². The van der Waals surface area contributed by atoms with Gasteiger partial charge in [-0.2, -0.15) is 11.3 Å². The first-order valence-electron chi connectivity index (χ1n) is 4.67. The van der Waals surface area contributed by atoms with Gasteiger partial charge in [0.25, 0.3) is 0 Å². The minimum absolute atomic E-state index is 0.117. The smallest absolute Gasteiger partial charge is 0.344 e. The highest BCUT2D eigenvalue weighted by Gasteiger charge is 2.11. The summed E-state index contributed by atoms with van der Waals surface area (Å²) in [6.07, 6.45) is 0. The number of thioether (sulfide) groups is 1. The van der Waals surface area contributed by atoms with Crippen LogP contribution in [0.25, 0.3) is 0 Å². The number of carboxylic acids is 1. The van der Waals surface area contributed by atoms with Gasteiger partial charge in [0.1, 0.15) is 0 Å². The van der Waals surface area contributed by atoms with E-state index in [0.29, 0.717) is 11.7 Å². The van der Waals surface area contributed by atoms with Crippen LogP contribution in [0.3, 0.4) is 0 Å². The molecule has 2 heterocycles. The van der Waals surface area contributed by atoms with Crippen molar-refractivity contribution in [3.63, 3.8) is 0 Å². The summed E-state index contributed by atoms with van der Waals surface area (Å²) in [5.41, 5.74) is 0.666. The van der Waals surface area contributed by atoms with Gasteiger partial charge in [-0.3, -0.25) is 9.36 Å². The van der Waals surface area contributed by atoms with Crippen molar-refractivity contribution in [1.29, 1.82) is 0 Å². The molecule has 0 aliphatic carbocycles. The first-order chi connectivity index (χ1) is 8.16. The molecule has 0 aliphatic heterocycles. The highest BCUT2D eigenvalue weighted by molar-refractivity contribution is 7.99. The van der Waals surface area contributed by atoms with E-state index in [1.54, 1.807) is 11.3 Å². The lowest BCUT2D eigenvalue weighted by atomic mass is 10.3. The molecule has 6 nitrogen and oxygen atoms in total. The van der Waals surface area contributed by atoms with E-state index in [0.717, 1.165) is 17.3 Å². The third-order valence-electron chi connectivity index (χ3n) is 1.97. The number of rotatable bonds is 5. The maximum Gasteiger partial charge on any atom is 0.344 e. The molecule has 0 aliphatic rings. The van der Waals surface area contributed by atoms with Crippen molar-refractivity contribution in [2.75, 3.05) is 5.75 Å². The minimum Gasteiger partial charge on any atom is -0.481 e. The fourth-order valence-electron chi connectivity index (χ4n) is 1.24. The lowest BCUT2D eigenvalue weighted by Crippen LogP contribution is -2.18. The normalized spacial score (nSPS) is 10.6. The molecule has 0 spiro atoms. The predicted octanol–water partition coefficient (Wildman–Crippen LogP) is 0.858. The van der Waals surface area contributed by atoms with Gasteiger partial charge in [0.15, 0.2) is 5.16 Å². The first-order valence-corrected chi connectivity index (χ1v) is 6.60. The Morgan fingerprint density at radius 3 is 3.12 bits per heavy atom. The molecule has 0 saturated carbocycles. The van der Waals surface area contributed by atoms with Crippen LogP contribution in [0, 0.1) is 0 Å². The molecule has 0 fully saturated rings. The molecular weight excluding hydrogens is 262 g/mol. The molecule has 8 heteroatoms. The molecule has 2 N–H and O–H groups in total. The van der Waals surface area contributed by atoms with Crippen LogP contribution in [0.15, 0.2) is 26.8 Å². The molecule has 0 atom stereocenters. The van der Waals surface area contributed by atoms with Crippen molar-refractivity contribution >= 4 is 29.1 Å². The Hall–Kier alpha value is -1.54. The SMILES string of the molecule is O=C(O)CSc1n[nH]c(=O)n1Cc1ccsc1. The van der Waals surface area contributed by atoms with E-state index in [2.05, 4.69) is 10.2 Å². The van der Waals surface area contributed by atoms with E-state index in [1.165, 1.54) is 4.57 Å². The molecule has 0 bridgehead atoms. The average molecular weight is 271 g/mol. The second-order valence-electron chi connectivity index (χ2n) is 3.21. The number of carbonyl (C=O) groups is 1. The molecule has 90 valence electrons. The predicted molar refractivity (Wildman–Crippen MR) is 64.6 cm³/mol. The minimum atomic E-state index is -0.937. The quantitative estimate of drug-likeness (QED) is 0.787. The molecule has 0 amide bonds. The molecule has 0 saturated heterocycles. The Morgan fingerprint density at radius 1 is 1.65 bits per heavy atom. The van der Waals surface area contributed by atoms with Crippen LogP contribution in [-0.4, -0.2) is 31.6 Å². The topological polar surface area (TPSA) is 88.0 Å². The van der Waals surface area contributed by atoms with Crippen molar-refractivity contribution in [2.45, 2.75) is 11.7 Å². The van der Waals surface area contributed by atoms with E-state index < -0.39 is 5.97 Å². The third kappa shape index (κ3) is 2.98. The molecule has 0 radical (unpaired) electrons. The van der Waals surface area contributed by atoms with Gasteiger partial charge in [0, 0.05) is 0 Å². The van der Waals surface area contributed by atoms with Crippen LogP contribution in [-0.2, 0) is 11.3 Å². The second-order valence-corrected chi connectivity index (χ2v) is 4.93. The van der Waals surface area contributed by atoms with Gasteiger partial charge in [-0.25, -0.2) is 9.89 Å². The molecular formula is C9H9N3O3S2. The first kappa shape index (κ1) is 11.9. The summed E-state index contributed by atoms with van der Waals surface area (Å²) in [4.78, 5) is 22.0. The maximum atomic E-state index is 11.5. The molecule has 0 aromatic carbocycles. The standard InChI is InChI=1S/C9H9N3O3S2/c13-7(14)5-17-9-11-10-8(15)12(9)3-6-1-2-16-4-6/h1-2,4H,3,5H2,(H,10,15)(H,13,14). The Morgan fingerprint density at radius 2 is 2.47 bits per heavy atom. The fourth-order valence-corrected chi connectivity index (χ4v) is 2.57. The van der Waals surface area contributed by atoms with E-state index in [9.17, 15) is 9.59 Å². The zero-order chi connectivity index (χ0) is 12.3. The summed E-state index contributed by atoms with van der Waals surface area (Å²) < 4.78 is 1.43. The van der Waals surface area contributed by atoms with Gasteiger partial charge in [0.2, 0.25) is 0 Å². The van der Waals surface area contributed by atoms with Crippen molar-refractivity contribution in [1.82, 2.24) is 14.8 Å². The number of thiophene rings is 1. The summed E-state index contributed by atoms with van der Waals surface area (Å²) in [5.74, 6) is -1.05. The number of carboxylic acid groups (broad SMARTS) is 1. The van der Waals surface area contributed by atoms with Crippen LogP contribution in [0.2, 0.25) is 0 Å². The lowest BCUT2D eigenvalue weighted by Gasteiger charge is -2.02. The number of nitrogens with one attached hydrogen (secondary N) is 1. The largest absolute Gasteiger partial charge is 0.481 e. The molecule has 17 heavy (non-hydrogen) atoms. The number of aromatic amines is 1. The summed E-state index contributed by atoms with van der Waals surface area (Å²) in [5, 5.41) is 19.0. The second kappa shape index (κ2) is 5.19. The molecule has 0 unspecified atom stereocenters. The number of hydrogen-bond acceptors (Lipinski definition) is 5. The highest BCUT2D eigenvalue weighted by atomic mass is 32.2. The summed E-state index contributed by atoms with van der Waals surface area (Å²) in [6.45, 7) is 0.404. The Kier molecular flexibility index (Phi) is 3.64. The zero-order valence-corrected chi connectivity index (χ0v) is 10.3. The van der Waals surface area contributed by atoms with Crippen LogP contribution in [0.1, 0.15) is 5.56 Å². The van der Waals surface area contributed by atoms with E-state index in [-0.39, 0.29) is 11.4 Å². The van der Waals surface area contributed by atoms with Crippen molar-refractivity contribution < 1.29 is 9.90 Å². The monoisotopic (exact) mass is 271 g/mol. The maximum absolute atomic E-state index is 11.5. The molecule has 2 aromatic rings. The highest BCUT2D eigenvalue weighted by Crippen LogP contribution is 2.15. The van der Waals surface area contributed by atoms with Crippen LogP contribution >= 0.6 is 23.1 Å². The number of aliphatic carboxylic acids is 1. The van der Waals surface area contributed by atoms with Crippen LogP contribution < -0.4 is 5.69 Å². The zero-order valence-electron chi connectivity index (χ0n) is 8.62. The van der Waals surface area contributed by atoms with Gasteiger partial charge in [-0.15, -0.1) is 5.10 Å². The van der Waals surface area contributed by atoms with Crippen LogP contribution in [0.4, 0.5) is 0 Å². The van der Waals surface area contributed by atoms with Crippen molar-refractivity contribution in [2.24, 2.45) is 0 Å². The fraction of sp³-hybridized carbons (Fsp3) is 0.222. The van der Waals surface area contributed by atoms with Crippen molar-refractivity contribution in [3.8, 4) is 0 Å². The van der Waals surface area contributed by atoms with Gasteiger partial charge in [-0.1, -0.05) is 11.8 Å². The average Bonchev–Trinajstić information content (AvgIpc) is 2.89. The summed E-state index contributed by atoms with van der Waals surface area (Å²) in [7, 11) is 0. The Labute approximate surface area is 104 Å². The number of H-pyrrole nitrogens is 1. The summed E-state index contributed by atoms with van der Waals surface area (Å²) in [6, 6.07) is 1.91.